The van der Waals surface area contributed by atoms with Gasteiger partial charge in [0.1, 0.15) is 18.3 Å². The lowest BCUT2D eigenvalue weighted by molar-refractivity contribution is -0.134. The van der Waals surface area contributed by atoms with Crippen LogP contribution in [0, 0.1) is 63.0 Å². The highest BCUT2D eigenvalue weighted by Crippen LogP contribution is 2.90. The first kappa shape index (κ1) is 31.3. The summed E-state index contributed by atoms with van der Waals surface area (Å²) in [6, 6.07) is 3.90. The summed E-state index contributed by atoms with van der Waals surface area (Å²) in [5.74, 6) is 2.51. The van der Waals surface area contributed by atoms with Gasteiger partial charge in [0, 0.05) is 42.1 Å². The second kappa shape index (κ2) is 10.3. The van der Waals surface area contributed by atoms with Crippen molar-refractivity contribution in [2.24, 2.45) is 44.8 Å². The van der Waals surface area contributed by atoms with E-state index >= 15 is 0 Å². The van der Waals surface area contributed by atoms with E-state index in [-0.39, 0.29) is 51.0 Å². The van der Waals surface area contributed by atoms with Crippen LogP contribution in [0.15, 0.2) is 24.5 Å². The van der Waals surface area contributed by atoms with Gasteiger partial charge in [-0.3, -0.25) is 9.78 Å². The van der Waals surface area contributed by atoms with E-state index in [9.17, 15) is 14.7 Å². The normalized spacial score (nSPS) is 44.9. The number of fused-ring (bicyclic) bond motifs is 4. The monoisotopic (exact) mass is 629 g/mol. The molecule has 2 spiro atoms. The van der Waals surface area contributed by atoms with E-state index in [1.165, 1.54) is 19.3 Å². The van der Waals surface area contributed by atoms with Gasteiger partial charge >= 0.3 is 5.97 Å². The zero-order valence-electron chi connectivity index (χ0n) is 28.7. The van der Waals surface area contributed by atoms with Crippen LogP contribution in [0.2, 0.25) is 0 Å². The maximum atomic E-state index is 13.1. The Morgan fingerprint density at radius 3 is 2.57 bits per heavy atom. The van der Waals surface area contributed by atoms with Gasteiger partial charge in [-0.05, 0) is 117 Å². The number of aliphatic hydroxyl groups is 1. The molecule has 7 nitrogen and oxygen atoms in total. The van der Waals surface area contributed by atoms with Gasteiger partial charge in [0.15, 0.2) is 0 Å². The van der Waals surface area contributed by atoms with Crippen molar-refractivity contribution in [2.75, 3.05) is 6.54 Å². The molecule has 0 bridgehead atoms. The van der Waals surface area contributed by atoms with Crippen molar-refractivity contribution in [3.63, 3.8) is 0 Å². The maximum Gasteiger partial charge on any atom is 0.339 e. The highest BCUT2D eigenvalue weighted by Gasteiger charge is 2.85. The molecule has 46 heavy (non-hydrogen) atoms. The Morgan fingerprint density at radius 1 is 1.11 bits per heavy atom. The van der Waals surface area contributed by atoms with Gasteiger partial charge in [-0.1, -0.05) is 34.6 Å². The predicted octanol–water partition coefficient (Wildman–Crippen LogP) is 7.11. The minimum atomic E-state index is -0.638. The van der Waals surface area contributed by atoms with Gasteiger partial charge in [0.05, 0.1) is 18.2 Å². The van der Waals surface area contributed by atoms with E-state index in [1.54, 1.807) is 37.4 Å². The molecule has 0 aromatic carbocycles. The quantitative estimate of drug-likeness (QED) is 0.350. The Hall–Kier alpha value is -1.99. The Kier molecular flexibility index (Phi) is 6.98. The summed E-state index contributed by atoms with van der Waals surface area (Å²) in [6.07, 6.45) is 16.1. The lowest BCUT2D eigenvalue weighted by Gasteiger charge is -2.63. The number of hydrogen-bond donors (Lipinski definition) is 1. The maximum absolute atomic E-state index is 13.1. The zero-order chi connectivity index (χ0) is 32.4. The fraction of sp³-hybridized carbons (Fsp3) is 0.744. The number of ether oxygens (including phenoxy) is 2. The second-order valence-corrected chi connectivity index (χ2v) is 17.4. The van der Waals surface area contributed by atoms with E-state index < -0.39 is 6.10 Å². The third-order valence-electron chi connectivity index (χ3n) is 15.4. The van der Waals surface area contributed by atoms with Crippen molar-refractivity contribution in [1.82, 2.24) is 9.88 Å². The fourth-order valence-corrected chi connectivity index (χ4v) is 12.9. The van der Waals surface area contributed by atoms with Crippen LogP contribution in [0.3, 0.4) is 0 Å². The highest BCUT2D eigenvalue weighted by molar-refractivity contribution is 5.89. The van der Waals surface area contributed by atoms with Crippen LogP contribution in [-0.2, 0) is 14.3 Å². The molecule has 1 amide bonds. The summed E-state index contributed by atoms with van der Waals surface area (Å²) < 4.78 is 13.0. The molecule has 7 heteroatoms. The number of aromatic nitrogens is 1. The molecule has 249 valence electrons. The number of hydrogen-bond acceptors (Lipinski definition) is 6. The summed E-state index contributed by atoms with van der Waals surface area (Å²) in [6.45, 7) is 14.1. The summed E-state index contributed by atoms with van der Waals surface area (Å²) >= 11 is 0. The number of carbonyl (C=O) groups excluding carboxylic acids is 2. The molecular formula is C39H53N2O5. The molecule has 9 atom stereocenters. The Bertz CT molecular complexity index is 1400. The van der Waals surface area contributed by atoms with Crippen molar-refractivity contribution in [3.8, 4) is 0 Å². The SMILES string of the molecule is CC(=O)N(C[C]1C[C@@H](C)[C@H]2[C](O1)[C@H](O)[C@@]1(C)[C]3CC[C@H]4C(C)(C)C(OC(=O)c5cccnc5)CC[C@@]45C[C@@]35CC[C@]21C)C1CCC1. The largest absolute Gasteiger partial charge is 0.458 e. The van der Waals surface area contributed by atoms with Gasteiger partial charge < -0.3 is 19.5 Å². The highest BCUT2D eigenvalue weighted by atomic mass is 16.5. The third kappa shape index (κ3) is 3.93. The molecule has 1 aromatic rings. The zero-order valence-corrected chi connectivity index (χ0v) is 28.7. The molecule has 1 N–H and O–H groups in total. The number of carbonyl (C=O) groups is 2. The van der Waals surface area contributed by atoms with Crippen molar-refractivity contribution < 1.29 is 24.2 Å². The Morgan fingerprint density at radius 2 is 1.89 bits per heavy atom. The van der Waals surface area contributed by atoms with Crippen LogP contribution in [0.25, 0.3) is 0 Å². The van der Waals surface area contributed by atoms with E-state index in [0.29, 0.717) is 30.0 Å². The molecule has 7 fully saturated rings. The van der Waals surface area contributed by atoms with Gasteiger partial charge in [0.25, 0.3) is 0 Å². The van der Waals surface area contributed by atoms with Crippen molar-refractivity contribution in [1.29, 1.82) is 0 Å². The topological polar surface area (TPSA) is 89.0 Å². The summed E-state index contributed by atoms with van der Waals surface area (Å²) in [5.41, 5.74) is 0.353. The average molecular weight is 630 g/mol. The summed E-state index contributed by atoms with van der Waals surface area (Å²) in [4.78, 5) is 31.8. The van der Waals surface area contributed by atoms with Crippen LogP contribution in [0.4, 0.5) is 0 Å². The predicted molar refractivity (Wildman–Crippen MR) is 173 cm³/mol. The molecular weight excluding hydrogens is 576 g/mol. The van der Waals surface area contributed by atoms with E-state index in [2.05, 4.69) is 39.6 Å². The molecule has 2 heterocycles. The van der Waals surface area contributed by atoms with E-state index in [1.807, 2.05) is 4.90 Å². The van der Waals surface area contributed by atoms with Crippen LogP contribution in [0.5, 0.6) is 0 Å². The number of nitrogens with zero attached hydrogens (tertiary/aromatic N) is 2. The van der Waals surface area contributed by atoms with Crippen LogP contribution in [0.1, 0.15) is 123 Å². The molecule has 3 radical (unpaired) electrons. The van der Waals surface area contributed by atoms with E-state index in [4.69, 9.17) is 9.47 Å². The molecule has 1 unspecified atom stereocenters. The summed E-state index contributed by atoms with van der Waals surface area (Å²) in [5, 5.41) is 12.5. The molecule has 8 rings (SSSR count). The van der Waals surface area contributed by atoms with Gasteiger partial charge in [-0.15, -0.1) is 0 Å². The van der Waals surface area contributed by atoms with Crippen molar-refractivity contribution in [3.05, 3.63) is 48.2 Å². The number of amides is 1. The smallest absolute Gasteiger partial charge is 0.339 e. The lowest BCUT2D eigenvalue weighted by Crippen LogP contribution is -2.59. The third-order valence-corrected chi connectivity index (χ3v) is 15.4. The molecule has 1 aromatic heterocycles. The standard InChI is InChI=1S/C39H53N2O5/c1-23-19-27(21-41(24(2)42)26-10-7-11-26)45-32-31(23)36(5)16-17-39-22-38(39)15-14-30(46-34(44)25-9-8-18-40-20-25)35(3,4)28(38)12-13-29(39)37(36,6)33(32)43/h8-9,18,20,23,26,28,30-31,33,43H,7,10-17,19,21-22H2,1-6H3/t23-,28+,30?,31+,33+,36-,37-,38-,39+/m1/s1. The summed E-state index contributed by atoms with van der Waals surface area (Å²) in [7, 11) is 0. The number of aliphatic hydroxyl groups excluding tert-OH is 1. The Balaban J connectivity index is 1.04. The lowest BCUT2D eigenvalue weighted by atomic mass is 9.41. The van der Waals surface area contributed by atoms with Crippen LogP contribution < -0.4 is 0 Å². The second-order valence-electron chi connectivity index (χ2n) is 17.4. The first-order valence-electron chi connectivity index (χ1n) is 18.1. The van der Waals surface area contributed by atoms with E-state index in [0.717, 1.165) is 63.6 Å². The van der Waals surface area contributed by atoms with Gasteiger partial charge in [-0.2, -0.15) is 0 Å². The number of pyridine rings is 1. The first-order chi connectivity index (χ1) is 21.8. The van der Waals surface area contributed by atoms with Crippen molar-refractivity contribution >= 4 is 11.9 Å². The molecule has 1 saturated heterocycles. The number of esters is 1. The molecule has 7 aliphatic rings. The van der Waals surface area contributed by atoms with Crippen LogP contribution in [-0.4, -0.2) is 51.7 Å². The first-order valence-corrected chi connectivity index (χ1v) is 18.1. The van der Waals surface area contributed by atoms with Gasteiger partial charge in [0.2, 0.25) is 5.91 Å². The average Bonchev–Trinajstić information content (AvgIpc) is 3.62. The minimum absolute atomic E-state index is 0.0654. The number of rotatable bonds is 5. The Labute approximate surface area is 275 Å². The fourth-order valence-electron chi connectivity index (χ4n) is 12.9. The molecule has 1 aliphatic heterocycles. The molecule has 6 saturated carbocycles. The van der Waals surface area contributed by atoms with Crippen LogP contribution >= 0.6 is 0 Å². The molecule has 6 aliphatic carbocycles. The van der Waals surface area contributed by atoms with Gasteiger partial charge in [-0.25, -0.2) is 4.79 Å². The minimum Gasteiger partial charge on any atom is -0.458 e. The van der Waals surface area contributed by atoms with Crippen molar-refractivity contribution in [2.45, 2.75) is 130 Å².